The van der Waals surface area contributed by atoms with E-state index in [2.05, 4.69) is 33.8 Å². The van der Waals surface area contributed by atoms with E-state index in [9.17, 15) is 13.2 Å². The highest BCUT2D eigenvalue weighted by Gasteiger charge is 2.30. The van der Waals surface area contributed by atoms with Crippen molar-refractivity contribution < 1.29 is 17.9 Å². The second-order valence-electron chi connectivity index (χ2n) is 4.90. The van der Waals surface area contributed by atoms with Crippen molar-refractivity contribution in [2.75, 3.05) is 31.5 Å². The summed E-state index contributed by atoms with van der Waals surface area (Å²) in [5, 5.41) is 2.83. The van der Waals surface area contributed by atoms with E-state index in [1.807, 2.05) is 0 Å². The SMILES string of the molecule is CCCN(CC)CCN=C(N)Nc1ccc(OC(F)(F)F)cc1.I. The van der Waals surface area contributed by atoms with E-state index < -0.39 is 6.36 Å². The molecule has 0 bridgehead atoms. The van der Waals surface area contributed by atoms with Crippen LogP contribution in [0.5, 0.6) is 5.75 Å². The van der Waals surface area contributed by atoms with Crippen LogP contribution in [-0.4, -0.2) is 43.4 Å². The van der Waals surface area contributed by atoms with Gasteiger partial charge in [-0.3, -0.25) is 4.99 Å². The molecule has 0 amide bonds. The van der Waals surface area contributed by atoms with E-state index in [1.54, 1.807) is 0 Å². The van der Waals surface area contributed by atoms with Crippen molar-refractivity contribution in [2.24, 2.45) is 10.7 Å². The third-order valence-electron chi connectivity index (χ3n) is 3.05. The molecule has 0 radical (unpaired) electrons. The Morgan fingerprint density at radius 3 is 2.33 bits per heavy atom. The maximum atomic E-state index is 12.1. The Bertz CT molecular complexity index is 494. The number of ether oxygens (including phenoxy) is 1. The summed E-state index contributed by atoms with van der Waals surface area (Å²) in [7, 11) is 0. The molecule has 0 heterocycles. The Kier molecular flexibility index (Phi) is 10.8. The molecule has 3 N–H and O–H groups in total. The lowest BCUT2D eigenvalue weighted by Gasteiger charge is -2.18. The molecule has 0 atom stereocenters. The lowest BCUT2D eigenvalue weighted by Crippen LogP contribution is -2.29. The van der Waals surface area contributed by atoms with Crippen molar-refractivity contribution in [1.29, 1.82) is 0 Å². The molecular weight excluding hydrogens is 436 g/mol. The number of aliphatic imine (C=N–C) groups is 1. The van der Waals surface area contributed by atoms with Crippen LogP contribution in [0.15, 0.2) is 29.3 Å². The fourth-order valence-electron chi connectivity index (χ4n) is 1.98. The van der Waals surface area contributed by atoms with Gasteiger partial charge in [-0.15, -0.1) is 37.1 Å². The quantitative estimate of drug-likeness (QED) is 0.353. The molecule has 0 aliphatic rings. The monoisotopic (exact) mass is 460 g/mol. The minimum atomic E-state index is -4.70. The third-order valence-corrected chi connectivity index (χ3v) is 3.05. The Morgan fingerprint density at radius 2 is 1.83 bits per heavy atom. The summed E-state index contributed by atoms with van der Waals surface area (Å²) >= 11 is 0. The van der Waals surface area contributed by atoms with Gasteiger partial charge in [0.25, 0.3) is 0 Å². The number of rotatable bonds is 8. The first-order chi connectivity index (χ1) is 10.8. The van der Waals surface area contributed by atoms with E-state index >= 15 is 0 Å². The van der Waals surface area contributed by atoms with Crippen molar-refractivity contribution in [2.45, 2.75) is 26.6 Å². The summed E-state index contributed by atoms with van der Waals surface area (Å²) in [5.74, 6) is -0.0567. The van der Waals surface area contributed by atoms with Crippen LogP contribution in [0.25, 0.3) is 0 Å². The van der Waals surface area contributed by atoms with E-state index in [0.717, 1.165) is 26.1 Å². The number of benzene rings is 1. The fourth-order valence-corrected chi connectivity index (χ4v) is 1.98. The molecule has 0 fully saturated rings. The number of nitrogens with zero attached hydrogens (tertiary/aromatic N) is 2. The second kappa shape index (κ2) is 11.3. The minimum absolute atomic E-state index is 0. The van der Waals surface area contributed by atoms with Gasteiger partial charge in [0.15, 0.2) is 5.96 Å². The molecule has 24 heavy (non-hydrogen) atoms. The molecule has 1 aromatic rings. The molecule has 0 saturated heterocycles. The van der Waals surface area contributed by atoms with Gasteiger partial charge in [0.1, 0.15) is 5.75 Å². The molecule has 138 valence electrons. The zero-order valence-electron chi connectivity index (χ0n) is 13.8. The molecule has 0 spiro atoms. The van der Waals surface area contributed by atoms with Crippen molar-refractivity contribution >= 4 is 35.6 Å². The van der Waals surface area contributed by atoms with Crippen LogP contribution in [0.4, 0.5) is 18.9 Å². The maximum Gasteiger partial charge on any atom is 0.573 e. The Labute approximate surface area is 157 Å². The minimum Gasteiger partial charge on any atom is -0.406 e. The molecule has 1 rings (SSSR count). The standard InChI is InChI=1S/C15H23F3N4O.HI/c1-3-10-22(4-2)11-9-20-14(19)21-12-5-7-13(8-6-12)23-15(16,17)18;/h5-8H,3-4,9-11H2,1-2H3,(H3,19,20,21);1H. The van der Waals surface area contributed by atoms with E-state index in [4.69, 9.17) is 5.73 Å². The summed E-state index contributed by atoms with van der Waals surface area (Å²) in [6.07, 6.45) is -3.61. The van der Waals surface area contributed by atoms with E-state index in [1.165, 1.54) is 24.3 Å². The molecule has 0 aliphatic carbocycles. The topological polar surface area (TPSA) is 62.9 Å². The molecule has 1 aromatic carbocycles. The van der Waals surface area contributed by atoms with Gasteiger partial charge < -0.3 is 20.7 Å². The first kappa shape index (κ1) is 22.8. The second-order valence-corrected chi connectivity index (χ2v) is 4.90. The number of hydrogen-bond donors (Lipinski definition) is 2. The lowest BCUT2D eigenvalue weighted by molar-refractivity contribution is -0.274. The zero-order valence-corrected chi connectivity index (χ0v) is 16.1. The number of anilines is 1. The summed E-state index contributed by atoms with van der Waals surface area (Å²) in [5.41, 5.74) is 6.30. The molecule has 9 heteroatoms. The van der Waals surface area contributed by atoms with Crippen LogP contribution in [0.3, 0.4) is 0 Å². The van der Waals surface area contributed by atoms with E-state index in [-0.39, 0.29) is 35.7 Å². The predicted molar refractivity (Wildman–Crippen MR) is 101 cm³/mol. The normalized spacial score (nSPS) is 12.0. The molecular formula is C15H24F3IN4O. The van der Waals surface area contributed by atoms with Gasteiger partial charge in [0.2, 0.25) is 0 Å². The van der Waals surface area contributed by atoms with Gasteiger partial charge in [0, 0.05) is 12.2 Å². The predicted octanol–water partition coefficient (Wildman–Crippen LogP) is 3.66. The highest BCUT2D eigenvalue weighted by atomic mass is 127. The van der Waals surface area contributed by atoms with Crippen molar-refractivity contribution in [3.8, 4) is 5.75 Å². The number of hydrogen-bond acceptors (Lipinski definition) is 3. The molecule has 0 saturated carbocycles. The highest BCUT2D eigenvalue weighted by Crippen LogP contribution is 2.23. The van der Waals surface area contributed by atoms with Crippen molar-refractivity contribution in [3.63, 3.8) is 0 Å². The van der Waals surface area contributed by atoms with Crippen molar-refractivity contribution in [3.05, 3.63) is 24.3 Å². The van der Waals surface area contributed by atoms with Gasteiger partial charge in [0.05, 0.1) is 6.54 Å². The van der Waals surface area contributed by atoms with E-state index in [0.29, 0.717) is 12.2 Å². The average Bonchev–Trinajstić information content (AvgIpc) is 2.47. The number of nitrogens with two attached hydrogens (primary N) is 1. The first-order valence-electron chi connectivity index (χ1n) is 7.49. The Balaban J connectivity index is 0.00000529. The largest absolute Gasteiger partial charge is 0.573 e. The van der Waals surface area contributed by atoms with Gasteiger partial charge in [-0.25, -0.2) is 0 Å². The van der Waals surface area contributed by atoms with Crippen LogP contribution in [0.2, 0.25) is 0 Å². The average molecular weight is 460 g/mol. The van der Waals surface area contributed by atoms with Gasteiger partial charge in [-0.05, 0) is 43.8 Å². The van der Waals surface area contributed by atoms with Crippen LogP contribution < -0.4 is 15.8 Å². The van der Waals surface area contributed by atoms with Crippen LogP contribution in [0.1, 0.15) is 20.3 Å². The zero-order chi connectivity index (χ0) is 17.3. The maximum absolute atomic E-state index is 12.1. The molecule has 0 aliphatic heterocycles. The summed E-state index contributed by atoms with van der Waals surface area (Å²) in [6, 6.07) is 5.31. The van der Waals surface area contributed by atoms with Crippen LogP contribution >= 0.6 is 24.0 Å². The molecule has 0 unspecified atom stereocenters. The smallest absolute Gasteiger partial charge is 0.406 e. The third kappa shape index (κ3) is 9.81. The summed E-state index contributed by atoms with van der Waals surface area (Å²) in [4.78, 5) is 6.47. The van der Waals surface area contributed by atoms with Gasteiger partial charge in [-0.2, -0.15) is 0 Å². The number of guanidine groups is 1. The Morgan fingerprint density at radius 1 is 1.21 bits per heavy atom. The lowest BCUT2D eigenvalue weighted by atomic mass is 10.3. The highest BCUT2D eigenvalue weighted by molar-refractivity contribution is 14.0. The van der Waals surface area contributed by atoms with Crippen molar-refractivity contribution in [1.82, 2.24) is 4.90 Å². The number of alkyl halides is 3. The fraction of sp³-hybridized carbons (Fsp3) is 0.533. The molecule has 5 nitrogen and oxygen atoms in total. The number of likely N-dealkylation sites (N-methyl/N-ethyl adjacent to an activating group) is 1. The van der Waals surface area contributed by atoms with Crippen LogP contribution in [0, 0.1) is 0 Å². The van der Waals surface area contributed by atoms with Gasteiger partial charge >= 0.3 is 6.36 Å². The van der Waals surface area contributed by atoms with Crippen LogP contribution in [-0.2, 0) is 0 Å². The number of nitrogens with one attached hydrogen (secondary N) is 1. The summed E-state index contributed by atoms with van der Waals surface area (Å²) < 4.78 is 40.0. The number of halogens is 4. The summed E-state index contributed by atoms with van der Waals surface area (Å²) in [6.45, 7) is 7.55. The first-order valence-corrected chi connectivity index (χ1v) is 7.49. The van der Waals surface area contributed by atoms with Gasteiger partial charge in [-0.1, -0.05) is 13.8 Å². The Hall–Kier alpha value is -1.23. The molecule has 0 aromatic heterocycles.